The third-order valence-electron chi connectivity index (χ3n) is 3.63. The topological polar surface area (TPSA) is 75.6 Å². The molecule has 1 aliphatic rings. The summed E-state index contributed by atoms with van der Waals surface area (Å²) in [7, 11) is 1.63. The molecule has 5 nitrogen and oxygen atoms in total. The number of hydrogen-bond donors (Lipinski definition) is 2. The van der Waals surface area contributed by atoms with Crippen LogP contribution in [0.15, 0.2) is 18.2 Å². The van der Waals surface area contributed by atoms with Crippen LogP contribution in [0.25, 0.3) is 0 Å². The van der Waals surface area contributed by atoms with Crippen LogP contribution in [0.4, 0.5) is 0 Å². The minimum Gasteiger partial charge on any atom is -0.496 e. The second-order valence-electron chi connectivity index (χ2n) is 5.13. The lowest BCUT2D eigenvalue weighted by Crippen LogP contribution is -2.28. The van der Waals surface area contributed by atoms with Crippen LogP contribution in [0.1, 0.15) is 17.5 Å². The summed E-state index contributed by atoms with van der Waals surface area (Å²) in [5, 5.41) is 11.6. The van der Waals surface area contributed by atoms with E-state index in [9.17, 15) is 9.59 Å². The van der Waals surface area contributed by atoms with Gasteiger partial charge in [0.05, 0.1) is 18.9 Å². The molecule has 0 radical (unpaired) electrons. The number of methoxy groups -OCH3 is 1. The standard InChI is InChI=1S/C15H19NO4/c1-9-3-4-10(7-13(9)20-2)5-6-16-14(17)11-8-12(11)15(18)19/h3-4,7,11-12H,5-6,8H2,1-2H3,(H,16,17)(H,18,19)/t11-,12-/m0/s1. The predicted molar refractivity (Wildman–Crippen MR) is 73.7 cm³/mol. The third kappa shape index (κ3) is 3.29. The Morgan fingerprint density at radius 2 is 2.15 bits per heavy atom. The minimum atomic E-state index is -0.881. The number of carbonyl (C=O) groups is 2. The molecule has 0 saturated heterocycles. The molecule has 1 aromatic carbocycles. The van der Waals surface area contributed by atoms with Crippen LogP contribution in [0.5, 0.6) is 5.75 Å². The summed E-state index contributed by atoms with van der Waals surface area (Å²) in [5.41, 5.74) is 2.15. The second kappa shape index (κ2) is 5.94. The Labute approximate surface area is 117 Å². The van der Waals surface area contributed by atoms with Crippen LogP contribution in [0.2, 0.25) is 0 Å². The Morgan fingerprint density at radius 3 is 2.75 bits per heavy atom. The third-order valence-corrected chi connectivity index (χ3v) is 3.63. The second-order valence-corrected chi connectivity index (χ2v) is 5.13. The lowest BCUT2D eigenvalue weighted by molar-refractivity contribution is -0.140. The van der Waals surface area contributed by atoms with Gasteiger partial charge in [-0.15, -0.1) is 0 Å². The molecule has 1 aromatic rings. The van der Waals surface area contributed by atoms with Gasteiger partial charge in [0.2, 0.25) is 5.91 Å². The number of nitrogens with one attached hydrogen (secondary N) is 1. The van der Waals surface area contributed by atoms with E-state index in [1.807, 2.05) is 25.1 Å². The molecule has 0 heterocycles. The summed E-state index contributed by atoms with van der Waals surface area (Å²) in [6.07, 6.45) is 1.16. The van der Waals surface area contributed by atoms with E-state index >= 15 is 0 Å². The van der Waals surface area contributed by atoms with Gasteiger partial charge in [0, 0.05) is 6.54 Å². The average molecular weight is 277 g/mol. The first kappa shape index (κ1) is 14.4. The highest BCUT2D eigenvalue weighted by Crippen LogP contribution is 2.38. The molecule has 0 spiro atoms. The van der Waals surface area contributed by atoms with Crippen molar-refractivity contribution in [2.75, 3.05) is 13.7 Å². The van der Waals surface area contributed by atoms with Crippen molar-refractivity contribution < 1.29 is 19.4 Å². The van der Waals surface area contributed by atoms with Crippen LogP contribution in [-0.2, 0) is 16.0 Å². The molecule has 1 amide bonds. The minimum absolute atomic E-state index is 0.156. The van der Waals surface area contributed by atoms with Crippen LogP contribution in [0, 0.1) is 18.8 Å². The maximum atomic E-state index is 11.7. The monoisotopic (exact) mass is 277 g/mol. The van der Waals surface area contributed by atoms with E-state index in [2.05, 4.69) is 5.32 Å². The zero-order valence-corrected chi connectivity index (χ0v) is 11.7. The van der Waals surface area contributed by atoms with Crippen LogP contribution < -0.4 is 10.1 Å². The molecule has 20 heavy (non-hydrogen) atoms. The van der Waals surface area contributed by atoms with Gasteiger partial charge in [-0.2, -0.15) is 0 Å². The van der Waals surface area contributed by atoms with E-state index in [0.717, 1.165) is 16.9 Å². The smallest absolute Gasteiger partial charge is 0.307 e. The number of carboxylic acid groups (broad SMARTS) is 1. The summed E-state index contributed by atoms with van der Waals surface area (Å²) < 4.78 is 5.25. The molecule has 2 rings (SSSR count). The van der Waals surface area contributed by atoms with E-state index in [-0.39, 0.29) is 11.8 Å². The van der Waals surface area contributed by atoms with Crippen molar-refractivity contribution >= 4 is 11.9 Å². The van der Waals surface area contributed by atoms with Gasteiger partial charge in [-0.1, -0.05) is 12.1 Å². The van der Waals surface area contributed by atoms with Gasteiger partial charge in [-0.25, -0.2) is 0 Å². The maximum Gasteiger partial charge on any atom is 0.307 e. The highest BCUT2D eigenvalue weighted by molar-refractivity contribution is 5.89. The number of ether oxygens (including phenoxy) is 1. The van der Waals surface area contributed by atoms with Crippen LogP contribution in [0.3, 0.4) is 0 Å². The Balaban J connectivity index is 1.79. The summed E-state index contributed by atoms with van der Waals surface area (Å²) in [6, 6.07) is 5.94. The first-order valence-electron chi connectivity index (χ1n) is 6.67. The molecular formula is C15H19NO4. The van der Waals surface area contributed by atoms with Crippen LogP contribution in [-0.4, -0.2) is 30.6 Å². The number of benzene rings is 1. The number of carboxylic acids is 1. The van der Waals surface area contributed by atoms with E-state index in [1.165, 1.54) is 0 Å². The lowest BCUT2D eigenvalue weighted by atomic mass is 10.1. The number of aliphatic carboxylic acids is 1. The van der Waals surface area contributed by atoms with Crippen molar-refractivity contribution in [1.82, 2.24) is 5.32 Å². The molecule has 0 aromatic heterocycles. The fraction of sp³-hybridized carbons (Fsp3) is 0.467. The number of aryl methyl sites for hydroxylation is 1. The molecule has 0 unspecified atom stereocenters. The van der Waals surface area contributed by atoms with E-state index in [4.69, 9.17) is 9.84 Å². The summed E-state index contributed by atoms with van der Waals surface area (Å²) in [4.78, 5) is 22.4. The molecule has 0 aliphatic heterocycles. The zero-order chi connectivity index (χ0) is 14.7. The molecular weight excluding hydrogens is 258 g/mol. The maximum absolute atomic E-state index is 11.7. The van der Waals surface area contributed by atoms with E-state index in [0.29, 0.717) is 19.4 Å². The first-order valence-corrected chi connectivity index (χ1v) is 6.67. The SMILES string of the molecule is COc1cc(CCNC(=O)[C@H]2C[C@@H]2C(=O)O)ccc1C. The Bertz CT molecular complexity index is 527. The van der Waals surface area contributed by atoms with Crippen molar-refractivity contribution in [2.24, 2.45) is 11.8 Å². The van der Waals surface area contributed by atoms with Crippen molar-refractivity contribution in [3.63, 3.8) is 0 Å². The average Bonchev–Trinajstić information content (AvgIpc) is 3.21. The zero-order valence-electron chi connectivity index (χ0n) is 11.7. The van der Waals surface area contributed by atoms with Gasteiger partial charge in [0.1, 0.15) is 5.75 Å². The molecule has 0 bridgehead atoms. The number of hydrogen-bond acceptors (Lipinski definition) is 3. The van der Waals surface area contributed by atoms with Gasteiger partial charge in [0.15, 0.2) is 0 Å². The van der Waals surface area contributed by atoms with Crippen molar-refractivity contribution in [2.45, 2.75) is 19.8 Å². The summed E-state index contributed by atoms with van der Waals surface area (Å²) in [5.74, 6) is -1.04. The van der Waals surface area contributed by atoms with Gasteiger partial charge in [-0.3, -0.25) is 9.59 Å². The fourth-order valence-electron chi connectivity index (χ4n) is 2.24. The van der Waals surface area contributed by atoms with Crippen LogP contribution >= 0.6 is 0 Å². The van der Waals surface area contributed by atoms with Crippen molar-refractivity contribution in [1.29, 1.82) is 0 Å². The Hall–Kier alpha value is -2.04. The predicted octanol–water partition coefficient (Wildman–Crippen LogP) is 1.38. The largest absolute Gasteiger partial charge is 0.496 e. The molecule has 1 aliphatic carbocycles. The lowest BCUT2D eigenvalue weighted by Gasteiger charge is -2.08. The van der Waals surface area contributed by atoms with Gasteiger partial charge in [-0.05, 0) is 37.0 Å². The Morgan fingerprint density at radius 1 is 1.40 bits per heavy atom. The van der Waals surface area contributed by atoms with Gasteiger partial charge < -0.3 is 15.2 Å². The highest BCUT2D eigenvalue weighted by Gasteiger charge is 2.48. The quantitative estimate of drug-likeness (QED) is 0.823. The van der Waals surface area contributed by atoms with Crippen molar-refractivity contribution in [3.05, 3.63) is 29.3 Å². The highest BCUT2D eigenvalue weighted by atomic mass is 16.5. The van der Waals surface area contributed by atoms with Gasteiger partial charge >= 0.3 is 5.97 Å². The number of rotatable bonds is 6. The van der Waals surface area contributed by atoms with E-state index < -0.39 is 11.9 Å². The van der Waals surface area contributed by atoms with Gasteiger partial charge in [0.25, 0.3) is 0 Å². The fourth-order valence-corrected chi connectivity index (χ4v) is 2.24. The summed E-state index contributed by atoms with van der Waals surface area (Å²) in [6.45, 7) is 2.48. The van der Waals surface area contributed by atoms with E-state index in [1.54, 1.807) is 7.11 Å². The first-order chi connectivity index (χ1) is 9.52. The molecule has 2 N–H and O–H groups in total. The molecule has 1 fully saturated rings. The Kier molecular flexibility index (Phi) is 4.27. The van der Waals surface area contributed by atoms with Crippen molar-refractivity contribution in [3.8, 4) is 5.75 Å². The molecule has 108 valence electrons. The summed E-state index contributed by atoms with van der Waals surface area (Å²) >= 11 is 0. The molecule has 5 heteroatoms. The number of amides is 1. The molecule has 1 saturated carbocycles. The number of carbonyl (C=O) groups excluding carboxylic acids is 1. The molecule has 2 atom stereocenters. The normalized spacial score (nSPS) is 20.3.